The number of halogens is 1. The van der Waals surface area contributed by atoms with E-state index in [1.807, 2.05) is 6.92 Å². The van der Waals surface area contributed by atoms with Gasteiger partial charge in [-0.15, -0.1) is 12.4 Å². The monoisotopic (exact) mass is 245 g/mol. The molecule has 0 spiro atoms. The minimum atomic E-state index is -2.85. The topological polar surface area (TPSA) is 61.5 Å². The number of nitrogens with two attached hydrogens (primary N) is 1. The van der Waals surface area contributed by atoms with Crippen molar-refractivity contribution in [2.45, 2.75) is 33.2 Å². The zero-order valence-corrected chi connectivity index (χ0v) is 10.8. The fraction of sp³-hybridized carbons (Fsp3) is 1.00. The zero-order chi connectivity index (χ0) is 10.3. The van der Waals surface area contributed by atoms with Crippen LogP contribution in [0.25, 0.3) is 0 Å². The average Bonchev–Trinajstić information content (AvgIpc) is 2.02. The van der Waals surface area contributed by atoms with Gasteiger partial charge in [-0.2, -0.15) is 0 Å². The van der Waals surface area contributed by atoms with Crippen LogP contribution in [0.5, 0.6) is 0 Å². The first-order valence-corrected chi connectivity index (χ1v) is 6.40. The second kappa shape index (κ2) is 8.69. The highest BCUT2D eigenvalue weighted by Gasteiger charge is 2.23. The first-order valence-electron chi connectivity index (χ1n) is 4.67. The molecule has 0 aliphatic heterocycles. The van der Waals surface area contributed by atoms with Crippen LogP contribution in [0.4, 0.5) is 0 Å². The summed E-state index contributed by atoms with van der Waals surface area (Å²) in [6, 6.07) is 0.0363. The third kappa shape index (κ3) is 7.77. The molecule has 0 heterocycles. The summed E-state index contributed by atoms with van der Waals surface area (Å²) in [5, 5.41) is 0. The molecule has 1 atom stereocenters. The van der Waals surface area contributed by atoms with Crippen molar-refractivity contribution < 1.29 is 13.6 Å². The Bertz CT molecular complexity index is 168. The van der Waals surface area contributed by atoms with E-state index in [-0.39, 0.29) is 18.4 Å². The molecule has 0 aliphatic carbocycles. The second-order valence-corrected chi connectivity index (χ2v) is 5.12. The Balaban J connectivity index is 0. The summed E-state index contributed by atoms with van der Waals surface area (Å²) in [7, 11) is -2.85. The summed E-state index contributed by atoms with van der Waals surface area (Å²) < 4.78 is 22.0. The molecular formula is C8H21ClNO3P. The standard InChI is InChI=1S/C8H20NO3P.ClH/c1-4-11-13(10,12-5-2)7-6-8(3)9;/h8H,4-7,9H2,1-3H3;1H. The summed E-state index contributed by atoms with van der Waals surface area (Å²) in [6.07, 6.45) is 1.07. The lowest BCUT2D eigenvalue weighted by Gasteiger charge is -2.17. The van der Waals surface area contributed by atoms with Gasteiger partial charge in [0.2, 0.25) is 0 Å². The maximum Gasteiger partial charge on any atom is 0.330 e. The van der Waals surface area contributed by atoms with Gasteiger partial charge in [-0.25, -0.2) is 0 Å². The highest BCUT2D eigenvalue weighted by Crippen LogP contribution is 2.48. The lowest BCUT2D eigenvalue weighted by molar-refractivity contribution is 0.219. The van der Waals surface area contributed by atoms with E-state index in [2.05, 4.69) is 0 Å². The van der Waals surface area contributed by atoms with Gasteiger partial charge >= 0.3 is 7.60 Å². The lowest BCUT2D eigenvalue weighted by atomic mass is 10.3. The third-order valence-electron chi connectivity index (χ3n) is 1.51. The zero-order valence-electron chi connectivity index (χ0n) is 9.06. The van der Waals surface area contributed by atoms with E-state index in [4.69, 9.17) is 14.8 Å². The number of hydrogen-bond acceptors (Lipinski definition) is 4. The van der Waals surface area contributed by atoms with Crippen LogP contribution >= 0.6 is 20.0 Å². The average molecular weight is 246 g/mol. The maximum atomic E-state index is 11.8. The number of rotatable bonds is 7. The quantitative estimate of drug-likeness (QED) is 0.700. The van der Waals surface area contributed by atoms with Crippen LogP contribution in [0, 0.1) is 0 Å². The highest BCUT2D eigenvalue weighted by molar-refractivity contribution is 7.53. The van der Waals surface area contributed by atoms with Gasteiger partial charge in [0.15, 0.2) is 0 Å². The van der Waals surface area contributed by atoms with Crippen molar-refractivity contribution in [1.82, 2.24) is 0 Å². The van der Waals surface area contributed by atoms with Crippen molar-refractivity contribution in [3.8, 4) is 0 Å². The van der Waals surface area contributed by atoms with E-state index in [1.54, 1.807) is 13.8 Å². The SMILES string of the molecule is CCOP(=O)(CCC(C)N)OCC.Cl. The summed E-state index contributed by atoms with van der Waals surface area (Å²) in [6.45, 7) is 6.31. The molecule has 0 rings (SSSR count). The molecule has 4 nitrogen and oxygen atoms in total. The third-order valence-corrected chi connectivity index (χ3v) is 3.62. The van der Waals surface area contributed by atoms with Crippen LogP contribution in [0.1, 0.15) is 27.2 Å². The van der Waals surface area contributed by atoms with Crippen molar-refractivity contribution >= 4 is 20.0 Å². The molecule has 2 N–H and O–H groups in total. The Morgan fingerprint density at radius 3 is 2.00 bits per heavy atom. The molecule has 0 aromatic rings. The molecule has 0 aromatic heterocycles. The Morgan fingerprint density at radius 1 is 1.29 bits per heavy atom. The minimum Gasteiger partial charge on any atom is -0.328 e. The van der Waals surface area contributed by atoms with Gasteiger partial charge in [-0.3, -0.25) is 4.57 Å². The largest absolute Gasteiger partial charge is 0.330 e. The lowest BCUT2D eigenvalue weighted by Crippen LogP contribution is -2.17. The van der Waals surface area contributed by atoms with E-state index in [0.717, 1.165) is 0 Å². The van der Waals surface area contributed by atoms with Gasteiger partial charge < -0.3 is 14.8 Å². The molecule has 0 saturated carbocycles. The van der Waals surface area contributed by atoms with Crippen LogP contribution in [0.2, 0.25) is 0 Å². The fourth-order valence-corrected chi connectivity index (χ4v) is 2.76. The summed E-state index contributed by atoms with van der Waals surface area (Å²) in [4.78, 5) is 0. The first kappa shape index (κ1) is 16.8. The molecular weight excluding hydrogens is 225 g/mol. The molecule has 0 amide bonds. The first-order chi connectivity index (χ1) is 6.04. The fourth-order valence-electron chi connectivity index (χ4n) is 0.922. The predicted octanol–water partition coefficient (Wildman–Crippen LogP) is 2.41. The Hall–Kier alpha value is 0.400. The summed E-state index contributed by atoms with van der Waals surface area (Å²) >= 11 is 0. The Kier molecular flexibility index (Phi) is 10.4. The second-order valence-electron chi connectivity index (χ2n) is 2.94. The molecule has 14 heavy (non-hydrogen) atoms. The molecule has 0 aliphatic rings. The van der Waals surface area contributed by atoms with E-state index in [0.29, 0.717) is 25.8 Å². The summed E-state index contributed by atoms with van der Waals surface area (Å²) in [5.74, 6) is 0. The van der Waals surface area contributed by atoms with Gasteiger partial charge in [0.05, 0.1) is 19.4 Å². The molecule has 0 saturated heterocycles. The normalized spacial score (nSPS) is 13.4. The molecule has 0 fully saturated rings. The minimum absolute atomic E-state index is 0. The molecule has 0 aromatic carbocycles. The summed E-state index contributed by atoms with van der Waals surface area (Å²) in [5.41, 5.74) is 5.56. The van der Waals surface area contributed by atoms with Crippen LogP contribution in [-0.2, 0) is 13.6 Å². The Morgan fingerprint density at radius 2 is 1.71 bits per heavy atom. The van der Waals surface area contributed by atoms with Crippen molar-refractivity contribution in [1.29, 1.82) is 0 Å². The van der Waals surface area contributed by atoms with E-state index < -0.39 is 7.60 Å². The molecule has 88 valence electrons. The van der Waals surface area contributed by atoms with Gasteiger partial charge in [0.25, 0.3) is 0 Å². The van der Waals surface area contributed by atoms with Crippen LogP contribution < -0.4 is 5.73 Å². The van der Waals surface area contributed by atoms with Gasteiger partial charge in [-0.05, 0) is 27.2 Å². The van der Waals surface area contributed by atoms with Crippen molar-refractivity contribution in [3.63, 3.8) is 0 Å². The van der Waals surface area contributed by atoms with Crippen molar-refractivity contribution in [2.75, 3.05) is 19.4 Å². The van der Waals surface area contributed by atoms with Gasteiger partial charge in [-0.1, -0.05) is 0 Å². The molecule has 0 radical (unpaired) electrons. The van der Waals surface area contributed by atoms with Crippen LogP contribution in [-0.4, -0.2) is 25.4 Å². The smallest absolute Gasteiger partial charge is 0.328 e. The van der Waals surface area contributed by atoms with Gasteiger partial charge in [0, 0.05) is 6.04 Å². The molecule has 0 bridgehead atoms. The highest BCUT2D eigenvalue weighted by atomic mass is 35.5. The van der Waals surface area contributed by atoms with Crippen LogP contribution in [0.3, 0.4) is 0 Å². The molecule has 6 heteroatoms. The Labute approximate surface area is 92.5 Å². The van der Waals surface area contributed by atoms with E-state index in [1.165, 1.54) is 0 Å². The number of hydrogen-bond donors (Lipinski definition) is 1. The molecule has 1 unspecified atom stereocenters. The van der Waals surface area contributed by atoms with Gasteiger partial charge in [0.1, 0.15) is 0 Å². The maximum absolute atomic E-state index is 11.8. The van der Waals surface area contributed by atoms with E-state index in [9.17, 15) is 4.57 Å². The van der Waals surface area contributed by atoms with Crippen molar-refractivity contribution in [3.05, 3.63) is 0 Å². The van der Waals surface area contributed by atoms with Crippen molar-refractivity contribution in [2.24, 2.45) is 5.73 Å². The van der Waals surface area contributed by atoms with E-state index >= 15 is 0 Å². The van der Waals surface area contributed by atoms with Crippen LogP contribution in [0.15, 0.2) is 0 Å². The predicted molar refractivity (Wildman–Crippen MR) is 61.2 cm³/mol.